The number of fused-ring (bicyclic) bond motifs is 1. The van der Waals surface area contributed by atoms with Crippen LogP contribution in [0.4, 0.5) is 5.82 Å². The van der Waals surface area contributed by atoms with E-state index < -0.39 is 0 Å². The SMILES string of the molecule is CCOC(=O)c1c(N(C)C)ncc2c1CCN(C(=O)CCc1ccc[nH]1)C2. The third kappa shape index (κ3) is 4.13. The molecule has 0 spiro atoms. The van der Waals surface area contributed by atoms with Crippen LogP contribution in [0.3, 0.4) is 0 Å². The number of esters is 1. The molecule has 0 bridgehead atoms. The fourth-order valence-electron chi connectivity index (χ4n) is 3.42. The molecule has 7 heteroatoms. The molecule has 144 valence electrons. The minimum Gasteiger partial charge on any atom is -0.462 e. The van der Waals surface area contributed by atoms with Crippen LogP contribution in [0.2, 0.25) is 0 Å². The molecule has 0 atom stereocenters. The Morgan fingerprint density at radius 3 is 2.85 bits per heavy atom. The normalized spacial score (nSPS) is 13.2. The topological polar surface area (TPSA) is 78.5 Å². The minimum atomic E-state index is -0.350. The number of rotatable bonds is 6. The van der Waals surface area contributed by atoms with Gasteiger partial charge in [0.05, 0.1) is 6.61 Å². The number of carbonyl (C=O) groups is 2. The molecule has 1 N–H and O–H groups in total. The van der Waals surface area contributed by atoms with Gasteiger partial charge in [-0.1, -0.05) is 0 Å². The van der Waals surface area contributed by atoms with Gasteiger partial charge in [-0.3, -0.25) is 4.79 Å². The molecule has 2 aromatic rings. The van der Waals surface area contributed by atoms with Gasteiger partial charge in [0, 0.05) is 51.7 Å². The number of aromatic amines is 1. The molecule has 0 aliphatic carbocycles. The van der Waals surface area contributed by atoms with Gasteiger partial charge < -0.3 is 19.5 Å². The van der Waals surface area contributed by atoms with E-state index in [0.29, 0.717) is 50.3 Å². The van der Waals surface area contributed by atoms with E-state index in [0.717, 1.165) is 16.8 Å². The monoisotopic (exact) mass is 370 g/mol. The van der Waals surface area contributed by atoms with Crippen LogP contribution < -0.4 is 4.90 Å². The third-order valence-electron chi connectivity index (χ3n) is 4.78. The number of nitrogens with zero attached hydrogens (tertiary/aromatic N) is 3. The number of hydrogen-bond acceptors (Lipinski definition) is 5. The zero-order chi connectivity index (χ0) is 19.4. The van der Waals surface area contributed by atoms with E-state index in [1.54, 1.807) is 13.1 Å². The molecule has 1 aliphatic rings. The Morgan fingerprint density at radius 1 is 1.37 bits per heavy atom. The number of hydrogen-bond donors (Lipinski definition) is 1. The molecule has 0 aromatic carbocycles. The van der Waals surface area contributed by atoms with Crippen LogP contribution in [0.5, 0.6) is 0 Å². The lowest BCUT2D eigenvalue weighted by Crippen LogP contribution is -2.37. The van der Waals surface area contributed by atoms with Crippen LogP contribution >= 0.6 is 0 Å². The Hall–Kier alpha value is -2.83. The van der Waals surface area contributed by atoms with Crippen LogP contribution in [0, 0.1) is 0 Å². The number of aromatic nitrogens is 2. The lowest BCUT2D eigenvalue weighted by Gasteiger charge is -2.31. The average Bonchev–Trinajstić information content (AvgIpc) is 3.18. The third-order valence-corrected chi connectivity index (χ3v) is 4.78. The number of pyridine rings is 1. The fourth-order valence-corrected chi connectivity index (χ4v) is 3.42. The average molecular weight is 370 g/mol. The van der Waals surface area contributed by atoms with Crippen LogP contribution in [0.1, 0.15) is 40.5 Å². The summed E-state index contributed by atoms with van der Waals surface area (Å²) in [5.41, 5.74) is 3.45. The summed E-state index contributed by atoms with van der Waals surface area (Å²) in [6, 6.07) is 3.92. The van der Waals surface area contributed by atoms with Crippen LogP contribution in [-0.2, 0) is 28.9 Å². The van der Waals surface area contributed by atoms with E-state index in [2.05, 4.69) is 9.97 Å². The van der Waals surface area contributed by atoms with Crippen molar-refractivity contribution >= 4 is 17.7 Å². The lowest BCUT2D eigenvalue weighted by molar-refractivity contribution is -0.132. The number of nitrogens with one attached hydrogen (secondary N) is 1. The zero-order valence-corrected chi connectivity index (χ0v) is 16.1. The van der Waals surface area contributed by atoms with Crippen LogP contribution in [0.25, 0.3) is 0 Å². The number of carbonyl (C=O) groups excluding carboxylic acids is 2. The maximum absolute atomic E-state index is 12.6. The van der Waals surface area contributed by atoms with E-state index in [1.165, 1.54) is 0 Å². The highest BCUT2D eigenvalue weighted by atomic mass is 16.5. The van der Waals surface area contributed by atoms with Crippen molar-refractivity contribution in [2.45, 2.75) is 32.7 Å². The lowest BCUT2D eigenvalue weighted by atomic mass is 9.95. The molecule has 0 saturated heterocycles. The van der Waals surface area contributed by atoms with Gasteiger partial charge in [0.25, 0.3) is 0 Å². The smallest absolute Gasteiger partial charge is 0.342 e. The van der Waals surface area contributed by atoms with Crippen molar-refractivity contribution in [1.82, 2.24) is 14.9 Å². The summed E-state index contributed by atoms with van der Waals surface area (Å²) in [6.07, 6.45) is 5.42. The van der Waals surface area contributed by atoms with Crippen molar-refractivity contribution in [2.75, 3.05) is 32.1 Å². The van der Waals surface area contributed by atoms with Crippen molar-refractivity contribution < 1.29 is 14.3 Å². The van der Waals surface area contributed by atoms with Gasteiger partial charge in [-0.15, -0.1) is 0 Å². The fraction of sp³-hybridized carbons (Fsp3) is 0.450. The Labute approximate surface area is 159 Å². The minimum absolute atomic E-state index is 0.115. The van der Waals surface area contributed by atoms with Gasteiger partial charge in [0.1, 0.15) is 11.4 Å². The van der Waals surface area contributed by atoms with Crippen LogP contribution in [-0.4, -0.2) is 54.0 Å². The van der Waals surface area contributed by atoms with E-state index in [4.69, 9.17) is 4.74 Å². The van der Waals surface area contributed by atoms with E-state index in [9.17, 15) is 9.59 Å². The highest BCUT2D eigenvalue weighted by Gasteiger charge is 2.28. The summed E-state index contributed by atoms with van der Waals surface area (Å²) in [7, 11) is 3.72. The van der Waals surface area contributed by atoms with Gasteiger partial charge >= 0.3 is 5.97 Å². The number of amides is 1. The van der Waals surface area contributed by atoms with Crippen molar-refractivity contribution in [1.29, 1.82) is 0 Å². The first-order valence-electron chi connectivity index (χ1n) is 9.26. The van der Waals surface area contributed by atoms with E-state index in [-0.39, 0.29) is 11.9 Å². The molecule has 1 amide bonds. The molecule has 2 aromatic heterocycles. The molecule has 3 heterocycles. The number of anilines is 1. The molecule has 0 fully saturated rings. The van der Waals surface area contributed by atoms with Gasteiger partial charge in [-0.05, 0) is 43.0 Å². The van der Waals surface area contributed by atoms with Gasteiger partial charge in [-0.25, -0.2) is 9.78 Å². The summed E-state index contributed by atoms with van der Waals surface area (Å²) in [5, 5.41) is 0. The van der Waals surface area contributed by atoms with Crippen molar-refractivity contribution in [2.24, 2.45) is 0 Å². The van der Waals surface area contributed by atoms with Crippen LogP contribution in [0.15, 0.2) is 24.5 Å². The first-order valence-corrected chi connectivity index (χ1v) is 9.26. The number of ether oxygens (including phenoxy) is 1. The molecule has 1 aliphatic heterocycles. The second-order valence-corrected chi connectivity index (χ2v) is 6.84. The molecule has 7 nitrogen and oxygen atoms in total. The first kappa shape index (κ1) is 18.9. The van der Waals surface area contributed by atoms with Gasteiger partial charge in [0.2, 0.25) is 5.91 Å². The summed E-state index contributed by atoms with van der Waals surface area (Å²) < 4.78 is 5.25. The molecule has 0 unspecified atom stereocenters. The Kier molecular flexibility index (Phi) is 5.78. The summed E-state index contributed by atoms with van der Waals surface area (Å²) in [6.45, 7) is 3.19. The molecule has 27 heavy (non-hydrogen) atoms. The Bertz CT molecular complexity index is 815. The van der Waals surface area contributed by atoms with E-state index in [1.807, 2.05) is 42.2 Å². The Balaban J connectivity index is 1.78. The quantitative estimate of drug-likeness (QED) is 0.789. The standard InChI is InChI=1S/C20H26N4O3/c1-4-27-20(26)18-16-9-11-24(13-14(16)12-22-19(18)23(2)3)17(25)8-7-15-6-5-10-21-15/h5-6,10,12,21H,4,7-9,11,13H2,1-3H3. The molecular weight excluding hydrogens is 344 g/mol. The summed E-state index contributed by atoms with van der Waals surface area (Å²) >= 11 is 0. The van der Waals surface area contributed by atoms with Crippen molar-refractivity contribution in [3.05, 3.63) is 46.9 Å². The Morgan fingerprint density at radius 2 is 2.19 bits per heavy atom. The summed E-state index contributed by atoms with van der Waals surface area (Å²) in [4.78, 5) is 36.4. The largest absolute Gasteiger partial charge is 0.462 e. The number of aryl methyl sites for hydroxylation is 1. The second kappa shape index (κ2) is 8.24. The zero-order valence-electron chi connectivity index (χ0n) is 16.1. The maximum atomic E-state index is 12.6. The number of H-pyrrole nitrogens is 1. The predicted molar refractivity (Wildman–Crippen MR) is 103 cm³/mol. The molecule has 0 saturated carbocycles. The van der Waals surface area contributed by atoms with Gasteiger partial charge in [0.15, 0.2) is 0 Å². The maximum Gasteiger partial charge on any atom is 0.342 e. The van der Waals surface area contributed by atoms with E-state index >= 15 is 0 Å². The molecule has 0 radical (unpaired) electrons. The second-order valence-electron chi connectivity index (χ2n) is 6.84. The first-order chi connectivity index (χ1) is 13.0. The molecule has 3 rings (SSSR count). The predicted octanol–water partition coefficient (Wildman–Crippen LogP) is 2.17. The van der Waals surface area contributed by atoms with Crippen molar-refractivity contribution in [3.63, 3.8) is 0 Å². The highest BCUT2D eigenvalue weighted by Crippen LogP contribution is 2.29. The molecular formula is C20H26N4O3. The van der Waals surface area contributed by atoms with Gasteiger partial charge in [-0.2, -0.15) is 0 Å². The summed E-state index contributed by atoms with van der Waals surface area (Å²) in [5.74, 6) is 0.375. The highest BCUT2D eigenvalue weighted by molar-refractivity contribution is 5.97. The van der Waals surface area contributed by atoms with Crippen molar-refractivity contribution in [3.8, 4) is 0 Å².